The van der Waals surface area contributed by atoms with Gasteiger partial charge in [-0.05, 0) is 18.2 Å². The summed E-state index contributed by atoms with van der Waals surface area (Å²) in [5, 5.41) is 0. The molecular weight excluding hydrogens is 180 g/mol. The maximum Gasteiger partial charge on any atom is 0.339 e. The largest absolute Gasteiger partial charge is 0.465 e. The zero-order chi connectivity index (χ0) is 9.97. The van der Waals surface area contributed by atoms with Crippen LogP contribution in [0.5, 0.6) is 0 Å². The number of carbonyl (C=O) groups is 1. The summed E-state index contributed by atoms with van der Waals surface area (Å²) < 4.78 is 4.58. The lowest BCUT2D eigenvalue weighted by atomic mass is 10.2. The first kappa shape index (κ1) is 8.62. The van der Waals surface area contributed by atoms with Crippen molar-refractivity contribution < 1.29 is 9.53 Å². The monoisotopic (exact) mass is 188 g/mol. The molecule has 0 spiro atoms. The maximum atomic E-state index is 11.2. The molecule has 0 N–H and O–H groups in total. The smallest absolute Gasteiger partial charge is 0.339 e. The van der Waals surface area contributed by atoms with Crippen LogP contribution in [0.15, 0.2) is 30.6 Å². The minimum atomic E-state index is -0.398. The highest BCUT2D eigenvalue weighted by Gasteiger charge is 2.06. The van der Waals surface area contributed by atoms with Crippen molar-refractivity contribution in [3.05, 3.63) is 36.2 Å². The molecule has 0 aromatic carbocycles. The molecule has 0 unspecified atom stereocenters. The van der Waals surface area contributed by atoms with Crippen molar-refractivity contribution in [3.8, 4) is 0 Å². The SMILES string of the molecule is COC(=O)c1cnc2cccnc2c1. The van der Waals surface area contributed by atoms with E-state index in [2.05, 4.69) is 14.7 Å². The van der Waals surface area contributed by atoms with Crippen LogP contribution < -0.4 is 0 Å². The molecule has 0 aliphatic carbocycles. The summed E-state index contributed by atoms with van der Waals surface area (Å²) in [6, 6.07) is 5.30. The Hall–Kier alpha value is -1.97. The Balaban J connectivity index is 2.56. The third-order valence-electron chi connectivity index (χ3n) is 1.87. The number of fused-ring (bicyclic) bond motifs is 1. The number of nitrogens with zero attached hydrogens (tertiary/aromatic N) is 2. The molecule has 0 bridgehead atoms. The average Bonchev–Trinajstić information content (AvgIpc) is 2.27. The summed E-state index contributed by atoms with van der Waals surface area (Å²) >= 11 is 0. The zero-order valence-electron chi connectivity index (χ0n) is 7.60. The van der Waals surface area contributed by atoms with E-state index in [-0.39, 0.29) is 0 Å². The molecule has 0 radical (unpaired) electrons. The Labute approximate surface area is 80.6 Å². The van der Waals surface area contributed by atoms with Gasteiger partial charge < -0.3 is 4.74 Å². The topological polar surface area (TPSA) is 52.1 Å². The fourth-order valence-corrected chi connectivity index (χ4v) is 1.18. The predicted octanol–water partition coefficient (Wildman–Crippen LogP) is 1.42. The van der Waals surface area contributed by atoms with Gasteiger partial charge in [-0.3, -0.25) is 9.97 Å². The molecule has 2 aromatic heterocycles. The highest BCUT2D eigenvalue weighted by molar-refractivity contribution is 5.92. The van der Waals surface area contributed by atoms with Gasteiger partial charge in [0.1, 0.15) is 0 Å². The highest BCUT2D eigenvalue weighted by Crippen LogP contribution is 2.10. The number of esters is 1. The van der Waals surface area contributed by atoms with Crippen LogP contribution in [-0.2, 0) is 4.74 Å². The minimum absolute atomic E-state index is 0.398. The van der Waals surface area contributed by atoms with Gasteiger partial charge >= 0.3 is 5.97 Å². The Morgan fingerprint density at radius 2 is 2.21 bits per heavy atom. The number of rotatable bonds is 1. The van der Waals surface area contributed by atoms with Crippen molar-refractivity contribution in [3.63, 3.8) is 0 Å². The Kier molecular flexibility index (Phi) is 2.10. The van der Waals surface area contributed by atoms with Crippen molar-refractivity contribution in [2.75, 3.05) is 7.11 Å². The molecule has 14 heavy (non-hydrogen) atoms. The highest BCUT2D eigenvalue weighted by atomic mass is 16.5. The van der Waals surface area contributed by atoms with Gasteiger partial charge in [-0.15, -0.1) is 0 Å². The quantitative estimate of drug-likeness (QED) is 0.635. The van der Waals surface area contributed by atoms with Crippen molar-refractivity contribution in [1.82, 2.24) is 9.97 Å². The van der Waals surface area contributed by atoms with Crippen LogP contribution in [0.25, 0.3) is 11.0 Å². The van der Waals surface area contributed by atoms with E-state index < -0.39 is 5.97 Å². The third kappa shape index (κ3) is 1.42. The van der Waals surface area contributed by atoms with Gasteiger partial charge in [0.05, 0.1) is 23.7 Å². The third-order valence-corrected chi connectivity index (χ3v) is 1.87. The van der Waals surface area contributed by atoms with Gasteiger partial charge in [0.2, 0.25) is 0 Å². The van der Waals surface area contributed by atoms with Gasteiger partial charge in [0.15, 0.2) is 0 Å². The number of ether oxygens (including phenoxy) is 1. The molecule has 2 aromatic rings. The summed E-state index contributed by atoms with van der Waals surface area (Å²) in [5.74, 6) is -0.398. The molecule has 0 aliphatic heterocycles. The second kappa shape index (κ2) is 3.41. The molecule has 0 aliphatic rings. The molecule has 4 nitrogen and oxygen atoms in total. The van der Waals surface area contributed by atoms with Crippen LogP contribution in [0.1, 0.15) is 10.4 Å². The van der Waals surface area contributed by atoms with Crippen molar-refractivity contribution >= 4 is 17.0 Å². The van der Waals surface area contributed by atoms with Gasteiger partial charge in [-0.2, -0.15) is 0 Å². The first-order valence-corrected chi connectivity index (χ1v) is 4.10. The van der Waals surface area contributed by atoms with Gasteiger partial charge in [0, 0.05) is 12.4 Å². The number of pyridine rings is 2. The normalized spacial score (nSPS) is 10.1. The number of aromatic nitrogens is 2. The van der Waals surface area contributed by atoms with E-state index in [0.29, 0.717) is 11.1 Å². The summed E-state index contributed by atoms with van der Waals surface area (Å²) in [4.78, 5) is 19.3. The minimum Gasteiger partial charge on any atom is -0.465 e. The molecular formula is C10H8N2O2. The summed E-state index contributed by atoms with van der Waals surface area (Å²) in [7, 11) is 1.34. The van der Waals surface area contributed by atoms with Crippen LogP contribution in [0, 0.1) is 0 Å². The molecule has 0 saturated heterocycles. The first-order valence-electron chi connectivity index (χ1n) is 4.10. The molecule has 70 valence electrons. The van der Waals surface area contributed by atoms with Gasteiger partial charge in [-0.1, -0.05) is 0 Å². The van der Waals surface area contributed by atoms with Crippen LogP contribution >= 0.6 is 0 Å². The fourth-order valence-electron chi connectivity index (χ4n) is 1.18. The van der Waals surface area contributed by atoms with Crippen molar-refractivity contribution in [2.24, 2.45) is 0 Å². The molecule has 2 rings (SSSR count). The predicted molar refractivity (Wildman–Crippen MR) is 50.9 cm³/mol. The Bertz CT molecular complexity index is 482. The first-order chi connectivity index (χ1) is 6.81. The van der Waals surface area contributed by atoms with E-state index in [0.717, 1.165) is 5.52 Å². The summed E-state index contributed by atoms with van der Waals surface area (Å²) in [6.45, 7) is 0. The second-order valence-electron chi connectivity index (χ2n) is 2.76. The van der Waals surface area contributed by atoms with Crippen LogP contribution in [-0.4, -0.2) is 23.0 Å². The van der Waals surface area contributed by atoms with E-state index in [1.54, 1.807) is 18.3 Å². The lowest BCUT2D eigenvalue weighted by Crippen LogP contribution is -2.01. The van der Waals surface area contributed by atoms with E-state index in [1.165, 1.54) is 13.3 Å². The zero-order valence-corrected chi connectivity index (χ0v) is 7.60. The maximum absolute atomic E-state index is 11.2. The van der Waals surface area contributed by atoms with E-state index in [4.69, 9.17) is 0 Å². The molecule has 0 amide bonds. The van der Waals surface area contributed by atoms with Gasteiger partial charge in [0.25, 0.3) is 0 Å². The Morgan fingerprint density at radius 3 is 3.00 bits per heavy atom. The molecule has 0 atom stereocenters. The van der Waals surface area contributed by atoms with E-state index in [1.807, 2.05) is 6.07 Å². The number of methoxy groups -OCH3 is 1. The van der Waals surface area contributed by atoms with E-state index in [9.17, 15) is 4.79 Å². The lowest BCUT2D eigenvalue weighted by Gasteiger charge is -1.99. The molecule has 2 heterocycles. The van der Waals surface area contributed by atoms with Gasteiger partial charge in [-0.25, -0.2) is 4.79 Å². The summed E-state index contributed by atoms with van der Waals surface area (Å²) in [5.41, 5.74) is 1.87. The van der Waals surface area contributed by atoms with Crippen LogP contribution in [0.2, 0.25) is 0 Å². The molecule has 0 saturated carbocycles. The average molecular weight is 188 g/mol. The Morgan fingerprint density at radius 1 is 1.36 bits per heavy atom. The molecule has 4 heteroatoms. The lowest BCUT2D eigenvalue weighted by molar-refractivity contribution is 0.0600. The van der Waals surface area contributed by atoms with Crippen LogP contribution in [0.3, 0.4) is 0 Å². The number of carbonyl (C=O) groups excluding carboxylic acids is 1. The van der Waals surface area contributed by atoms with Crippen LogP contribution in [0.4, 0.5) is 0 Å². The number of hydrogen-bond acceptors (Lipinski definition) is 4. The van der Waals surface area contributed by atoms with Crippen molar-refractivity contribution in [1.29, 1.82) is 0 Å². The second-order valence-corrected chi connectivity index (χ2v) is 2.76. The van der Waals surface area contributed by atoms with Crippen molar-refractivity contribution in [2.45, 2.75) is 0 Å². The molecule has 0 fully saturated rings. The fraction of sp³-hybridized carbons (Fsp3) is 0.100. The van der Waals surface area contributed by atoms with E-state index >= 15 is 0 Å². The standard InChI is InChI=1S/C10H8N2O2/c1-14-10(13)7-5-9-8(12-6-7)3-2-4-11-9/h2-6H,1H3. The number of hydrogen-bond donors (Lipinski definition) is 0. The summed E-state index contributed by atoms with van der Waals surface area (Å²) in [6.07, 6.45) is 3.14.